The lowest BCUT2D eigenvalue weighted by Crippen LogP contribution is -2.00. The second kappa shape index (κ2) is 7.00. The third-order valence-electron chi connectivity index (χ3n) is 3.03. The van der Waals surface area contributed by atoms with Gasteiger partial charge in [-0.3, -0.25) is 0 Å². The Hall–Kier alpha value is -1.44. The summed E-state index contributed by atoms with van der Waals surface area (Å²) in [4.78, 5) is 0. The zero-order chi connectivity index (χ0) is 12.7. The molecule has 0 aromatic heterocycles. The largest absolute Gasteiger partial charge is 0.497 e. The third kappa shape index (κ3) is 3.52. The number of benzene rings is 1. The topological polar surface area (TPSA) is 18.5 Å². The van der Waals surface area contributed by atoms with E-state index in [0.717, 1.165) is 24.3 Å². The van der Waals surface area contributed by atoms with E-state index in [9.17, 15) is 0 Å². The molecule has 0 bridgehead atoms. The molecule has 0 heterocycles. The molecule has 17 heavy (non-hydrogen) atoms. The van der Waals surface area contributed by atoms with Gasteiger partial charge >= 0.3 is 0 Å². The molecule has 0 spiro atoms. The molecule has 0 aliphatic carbocycles. The van der Waals surface area contributed by atoms with Crippen LogP contribution in [-0.2, 0) is 0 Å². The Kier molecular flexibility index (Phi) is 5.61. The first-order valence-corrected chi connectivity index (χ1v) is 6.09. The lowest BCUT2D eigenvalue weighted by Gasteiger charge is -2.18. The van der Waals surface area contributed by atoms with E-state index in [1.165, 1.54) is 5.56 Å². The van der Waals surface area contributed by atoms with Crippen LogP contribution in [0.5, 0.6) is 11.5 Å². The molecule has 0 saturated carbocycles. The minimum Gasteiger partial charge on any atom is -0.497 e. The second-order valence-electron chi connectivity index (χ2n) is 4.02. The number of hydrogen-bond donors (Lipinski definition) is 0. The van der Waals surface area contributed by atoms with Gasteiger partial charge in [-0.1, -0.05) is 19.1 Å². The van der Waals surface area contributed by atoms with Crippen molar-refractivity contribution in [2.24, 2.45) is 0 Å². The Morgan fingerprint density at radius 2 is 2.00 bits per heavy atom. The molecule has 1 unspecified atom stereocenters. The Morgan fingerprint density at radius 1 is 1.24 bits per heavy atom. The van der Waals surface area contributed by atoms with Crippen LogP contribution in [0.1, 0.15) is 38.2 Å². The van der Waals surface area contributed by atoms with Crippen LogP contribution in [0.3, 0.4) is 0 Å². The molecule has 0 fully saturated rings. The summed E-state index contributed by atoms with van der Waals surface area (Å²) in [6.07, 6.45) is 6.42. The number of allylic oxidation sites excluding steroid dienone is 2. The maximum Gasteiger partial charge on any atom is 0.122 e. The minimum atomic E-state index is 0.483. The van der Waals surface area contributed by atoms with Gasteiger partial charge < -0.3 is 9.47 Å². The highest BCUT2D eigenvalue weighted by atomic mass is 16.5. The van der Waals surface area contributed by atoms with E-state index in [4.69, 9.17) is 9.47 Å². The molecule has 1 rings (SSSR count). The van der Waals surface area contributed by atoms with Crippen LogP contribution in [0.4, 0.5) is 0 Å². The van der Waals surface area contributed by atoms with E-state index in [-0.39, 0.29) is 0 Å². The summed E-state index contributed by atoms with van der Waals surface area (Å²) in [6.45, 7) is 4.25. The molecule has 1 aromatic rings. The van der Waals surface area contributed by atoms with Crippen LogP contribution in [-0.4, -0.2) is 14.2 Å². The number of rotatable bonds is 6. The predicted octanol–water partition coefficient (Wildman–Crippen LogP) is 4.16. The summed E-state index contributed by atoms with van der Waals surface area (Å²) in [6, 6.07) is 5.99. The van der Waals surface area contributed by atoms with Crippen molar-refractivity contribution in [2.45, 2.75) is 32.6 Å². The predicted molar refractivity (Wildman–Crippen MR) is 72.0 cm³/mol. The SMILES string of the molecule is C/C=C\CC(CC)c1cc(OC)ccc1OC. The monoisotopic (exact) mass is 234 g/mol. The van der Waals surface area contributed by atoms with Gasteiger partial charge in [-0.25, -0.2) is 0 Å². The quantitative estimate of drug-likeness (QED) is 0.688. The summed E-state index contributed by atoms with van der Waals surface area (Å²) in [7, 11) is 3.41. The van der Waals surface area contributed by atoms with E-state index in [1.807, 2.05) is 12.1 Å². The van der Waals surface area contributed by atoms with Crippen LogP contribution in [0.2, 0.25) is 0 Å². The van der Waals surface area contributed by atoms with E-state index < -0.39 is 0 Å². The molecule has 0 aliphatic rings. The molecular formula is C15H22O2. The Balaban J connectivity index is 3.05. The number of hydrogen-bond acceptors (Lipinski definition) is 2. The van der Waals surface area contributed by atoms with Gasteiger partial charge in [0, 0.05) is 5.56 Å². The molecule has 1 atom stereocenters. The van der Waals surface area contributed by atoms with Gasteiger partial charge in [0.15, 0.2) is 0 Å². The fourth-order valence-electron chi connectivity index (χ4n) is 1.97. The summed E-state index contributed by atoms with van der Waals surface area (Å²) in [5.41, 5.74) is 1.23. The fourth-order valence-corrected chi connectivity index (χ4v) is 1.97. The first-order chi connectivity index (χ1) is 8.26. The van der Waals surface area contributed by atoms with Crippen molar-refractivity contribution in [3.05, 3.63) is 35.9 Å². The highest BCUT2D eigenvalue weighted by molar-refractivity contribution is 5.42. The lowest BCUT2D eigenvalue weighted by atomic mass is 9.92. The Labute approximate surface area is 104 Å². The molecule has 2 nitrogen and oxygen atoms in total. The number of methoxy groups -OCH3 is 2. The second-order valence-corrected chi connectivity index (χ2v) is 4.02. The average molecular weight is 234 g/mol. The van der Waals surface area contributed by atoms with E-state index in [1.54, 1.807) is 14.2 Å². The van der Waals surface area contributed by atoms with Crippen molar-refractivity contribution in [1.29, 1.82) is 0 Å². The maximum atomic E-state index is 5.43. The fraction of sp³-hybridized carbons (Fsp3) is 0.467. The van der Waals surface area contributed by atoms with Crippen molar-refractivity contribution < 1.29 is 9.47 Å². The molecular weight excluding hydrogens is 212 g/mol. The van der Waals surface area contributed by atoms with E-state index in [0.29, 0.717) is 5.92 Å². The van der Waals surface area contributed by atoms with Gasteiger partial charge in [-0.2, -0.15) is 0 Å². The first-order valence-electron chi connectivity index (χ1n) is 6.09. The normalized spacial score (nSPS) is 12.7. The van der Waals surface area contributed by atoms with E-state index >= 15 is 0 Å². The van der Waals surface area contributed by atoms with Gasteiger partial charge in [-0.15, -0.1) is 0 Å². The van der Waals surface area contributed by atoms with Crippen molar-refractivity contribution in [3.8, 4) is 11.5 Å². The summed E-state index contributed by atoms with van der Waals surface area (Å²) < 4.78 is 10.7. The Morgan fingerprint density at radius 3 is 2.53 bits per heavy atom. The highest BCUT2D eigenvalue weighted by Gasteiger charge is 2.14. The van der Waals surface area contributed by atoms with Gasteiger partial charge in [0.25, 0.3) is 0 Å². The van der Waals surface area contributed by atoms with Gasteiger partial charge in [0.05, 0.1) is 14.2 Å². The standard InChI is InChI=1S/C15H22O2/c1-5-7-8-12(6-2)14-11-13(16-3)9-10-15(14)17-4/h5,7,9-12H,6,8H2,1-4H3/b7-5-. The molecule has 2 heteroatoms. The van der Waals surface area contributed by atoms with Crippen LogP contribution in [0, 0.1) is 0 Å². The van der Waals surface area contributed by atoms with Crippen molar-refractivity contribution >= 4 is 0 Å². The zero-order valence-electron chi connectivity index (χ0n) is 11.2. The van der Waals surface area contributed by atoms with Crippen molar-refractivity contribution in [1.82, 2.24) is 0 Å². The molecule has 0 amide bonds. The van der Waals surface area contributed by atoms with Gasteiger partial charge in [0.1, 0.15) is 11.5 Å². The maximum absolute atomic E-state index is 5.43. The zero-order valence-corrected chi connectivity index (χ0v) is 11.2. The average Bonchev–Trinajstić information content (AvgIpc) is 2.39. The summed E-state index contributed by atoms with van der Waals surface area (Å²) in [5, 5.41) is 0. The molecule has 0 N–H and O–H groups in total. The molecule has 94 valence electrons. The summed E-state index contributed by atoms with van der Waals surface area (Å²) in [5.74, 6) is 2.32. The van der Waals surface area contributed by atoms with Crippen molar-refractivity contribution in [3.63, 3.8) is 0 Å². The van der Waals surface area contributed by atoms with Gasteiger partial charge in [0.2, 0.25) is 0 Å². The molecule has 0 saturated heterocycles. The molecule has 0 radical (unpaired) electrons. The first kappa shape index (κ1) is 13.6. The van der Waals surface area contributed by atoms with E-state index in [2.05, 4.69) is 32.1 Å². The summed E-state index contributed by atoms with van der Waals surface area (Å²) >= 11 is 0. The smallest absolute Gasteiger partial charge is 0.122 e. The van der Waals surface area contributed by atoms with Crippen molar-refractivity contribution in [2.75, 3.05) is 14.2 Å². The van der Waals surface area contributed by atoms with Crippen LogP contribution >= 0.6 is 0 Å². The molecule has 1 aromatic carbocycles. The highest BCUT2D eigenvalue weighted by Crippen LogP contribution is 2.34. The van der Waals surface area contributed by atoms with Crippen LogP contribution in [0.25, 0.3) is 0 Å². The minimum absolute atomic E-state index is 0.483. The Bertz CT molecular complexity index is 369. The van der Waals surface area contributed by atoms with Crippen LogP contribution in [0.15, 0.2) is 30.4 Å². The lowest BCUT2D eigenvalue weighted by molar-refractivity contribution is 0.394. The molecule has 0 aliphatic heterocycles. The third-order valence-corrected chi connectivity index (χ3v) is 3.03. The van der Waals surface area contributed by atoms with Crippen LogP contribution < -0.4 is 9.47 Å². The van der Waals surface area contributed by atoms with Gasteiger partial charge in [-0.05, 0) is 43.9 Å². The number of ether oxygens (including phenoxy) is 2.